The molecule has 0 fully saturated rings. The first-order chi connectivity index (χ1) is 11.2. The first-order valence-electron chi connectivity index (χ1n) is 8.67. The molecule has 24 heavy (non-hydrogen) atoms. The van der Waals surface area contributed by atoms with Gasteiger partial charge in [0.1, 0.15) is 11.4 Å². The number of ether oxygens (including phenoxy) is 1. The van der Waals surface area contributed by atoms with Crippen LogP contribution in [0.2, 0.25) is 0 Å². The van der Waals surface area contributed by atoms with Crippen LogP contribution in [0.1, 0.15) is 58.2 Å². The van der Waals surface area contributed by atoms with E-state index in [2.05, 4.69) is 24.5 Å². The Morgan fingerprint density at radius 1 is 1.38 bits per heavy atom. The highest BCUT2D eigenvalue weighted by molar-refractivity contribution is 5.68. The van der Waals surface area contributed by atoms with Crippen LogP contribution in [0.25, 0.3) is 0 Å². The summed E-state index contributed by atoms with van der Waals surface area (Å²) in [7, 11) is 0. The van der Waals surface area contributed by atoms with E-state index in [-0.39, 0.29) is 23.8 Å². The Balaban J connectivity index is 1.94. The number of carbonyl (C=O) groups is 1. The van der Waals surface area contributed by atoms with Gasteiger partial charge < -0.3 is 15.4 Å². The van der Waals surface area contributed by atoms with Gasteiger partial charge in [-0.2, -0.15) is 0 Å². The average Bonchev–Trinajstić information content (AvgIpc) is 2.86. The van der Waals surface area contributed by atoms with Crippen molar-refractivity contribution >= 4 is 6.09 Å². The number of hydrogen-bond donors (Lipinski definition) is 2. The normalized spacial score (nSPS) is 18.4. The molecular formula is C19H29FN2O2. The number of alkyl carbamates (subject to hydrolysis) is 1. The SMILES string of the molecule is CC(C)C(CNC1CCc2c(F)cccc21)NC(=O)OC(C)(C)C. The lowest BCUT2D eigenvalue weighted by Crippen LogP contribution is -2.47. The Bertz CT molecular complexity index is 581. The summed E-state index contributed by atoms with van der Waals surface area (Å²) in [6.07, 6.45) is 1.24. The van der Waals surface area contributed by atoms with Crippen LogP contribution in [0.15, 0.2) is 18.2 Å². The van der Waals surface area contributed by atoms with Crippen molar-refractivity contribution in [1.29, 1.82) is 0 Å². The maximum Gasteiger partial charge on any atom is 0.407 e. The Morgan fingerprint density at radius 3 is 2.71 bits per heavy atom. The highest BCUT2D eigenvalue weighted by Gasteiger charge is 2.27. The van der Waals surface area contributed by atoms with Gasteiger partial charge >= 0.3 is 6.09 Å². The standard InChI is InChI=1S/C19H29FN2O2/c1-12(2)17(22-18(23)24-19(3,4)5)11-21-16-10-9-13-14(16)7-6-8-15(13)20/h6-8,12,16-17,21H,9-11H2,1-5H3,(H,22,23). The Kier molecular flexibility index (Phi) is 5.86. The Labute approximate surface area is 144 Å². The maximum atomic E-state index is 13.8. The van der Waals surface area contributed by atoms with E-state index in [0.717, 1.165) is 24.0 Å². The van der Waals surface area contributed by atoms with Crippen molar-refractivity contribution in [2.75, 3.05) is 6.54 Å². The molecule has 1 amide bonds. The number of amides is 1. The van der Waals surface area contributed by atoms with Crippen LogP contribution in [-0.2, 0) is 11.2 Å². The van der Waals surface area contributed by atoms with Gasteiger partial charge in [0.2, 0.25) is 0 Å². The van der Waals surface area contributed by atoms with Gasteiger partial charge in [0.15, 0.2) is 0 Å². The number of hydrogen-bond acceptors (Lipinski definition) is 3. The molecule has 2 rings (SSSR count). The Hall–Kier alpha value is -1.62. The topological polar surface area (TPSA) is 50.4 Å². The molecule has 0 aromatic heterocycles. The molecule has 4 nitrogen and oxygen atoms in total. The third-order valence-electron chi connectivity index (χ3n) is 4.30. The van der Waals surface area contributed by atoms with E-state index < -0.39 is 11.7 Å². The van der Waals surface area contributed by atoms with E-state index in [0.29, 0.717) is 6.54 Å². The lowest BCUT2D eigenvalue weighted by molar-refractivity contribution is 0.0489. The number of carbonyl (C=O) groups excluding carboxylic acids is 1. The Morgan fingerprint density at radius 2 is 2.08 bits per heavy atom. The fraction of sp³-hybridized carbons (Fsp3) is 0.632. The van der Waals surface area contributed by atoms with Crippen LogP contribution in [0, 0.1) is 11.7 Å². The van der Waals surface area contributed by atoms with Gasteiger partial charge in [0.05, 0.1) is 0 Å². The van der Waals surface area contributed by atoms with Crippen molar-refractivity contribution in [2.24, 2.45) is 5.92 Å². The van der Waals surface area contributed by atoms with E-state index in [4.69, 9.17) is 4.74 Å². The minimum atomic E-state index is -0.513. The summed E-state index contributed by atoms with van der Waals surface area (Å²) in [6.45, 7) is 10.3. The molecule has 2 atom stereocenters. The molecule has 1 aromatic rings. The second-order valence-corrected chi connectivity index (χ2v) is 7.80. The van der Waals surface area contributed by atoms with E-state index >= 15 is 0 Å². The molecule has 2 N–H and O–H groups in total. The van der Waals surface area contributed by atoms with Crippen LogP contribution in [0.4, 0.5) is 9.18 Å². The van der Waals surface area contributed by atoms with E-state index in [9.17, 15) is 9.18 Å². The maximum absolute atomic E-state index is 13.8. The fourth-order valence-electron chi connectivity index (χ4n) is 3.00. The predicted molar refractivity (Wildman–Crippen MR) is 93.5 cm³/mol. The summed E-state index contributed by atoms with van der Waals surface area (Å²) < 4.78 is 19.2. The number of nitrogens with one attached hydrogen (secondary N) is 2. The molecule has 0 radical (unpaired) electrons. The zero-order valence-corrected chi connectivity index (χ0v) is 15.3. The van der Waals surface area contributed by atoms with Crippen molar-refractivity contribution in [3.05, 3.63) is 35.1 Å². The molecule has 0 aliphatic heterocycles. The molecule has 2 unspecified atom stereocenters. The summed E-state index contributed by atoms with van der Waals surface area (Å²) in [4.78, 5) is 12.0. The van der Waals surface area contributed by atoms with Gasteiger partial charge in [-0.3, -0.25) is 0 Å². The van der Waals surface area contributed by atoms with Gasteiger partial charge in [-0.05, 0) is 56.7 Å². The smallest absolute Gasteiger partial charge is 0.407 e. The molecule has 1 aromatic carbocycles. The highest BCUT2D eigenvalue weighted by Crippen LogP contribution is 2.32. The summed E-state index contributed by atoms with van der Waals surface area (Å²) in [5.74, 6) is 0.141. The molecule has 5 heteroatoms. The number of rotatable bonds is 5. The minimum absolute atomic E-state index is 0.0440. The van der Waals surface area contributed by atoms with Crippen molar-refractivity contribution in [3.8, 4) is 0 Å². The van der Waals surface area contributed by atoms with Gasteiger partial charge in [-0.25, -0.2) is 9.18 Å². The van der Waals surface area contributed by atoms with Crippen LogP contribution >= 0.6 is 0 Å². The molecule has 0 bridgehead atoms. The van der Waals surface area contributed by atoms with Crippen LogP contribution in [-0.4, -0.2) is 24.3 Å². The second-order valence-electron chi connectivity index (χ2n) is 7.80. The lowest BCUT2D eigenvalue weighted by atomic mass is 10.0. The highest BCUT2D eigenvalue weighted by atomic mass is 19.1. The average molecular weight is 336 g/mol. The van der Waals surface area contributed by atoms with Gasteiger partial charge in [0, 0.05) is 18.6 Å². The van der Waals surface area contributed by atoms with Crippen LogP contribution < -0.4 is 10.6 Å². The third kappa shape index (κ3) is 4.94. The third-order valence-corrected chi connectivity index (χ3v) is 4.30. The molecule has 0 saturated carbocycles. The monoisotopic (exact) mass is 336 g/mol. The van der Waals surface area contributed by atoms with Crippen molar-refractivity contribution in [2.45, 2.75) is 65.1 Å². The molecule has 0 saturated heterocycles. The van der Waals surface area contributed by atoms with Crippen molar-refractivity contribution in [1.82, 2.24) is 10.6 Å². The summed E-state index contributed by atoms with van der Waals surface area (Å²) in [6, 6.07) is 5.35. The first kappa shape index (κ1) is 18.7. The number of halogens is 1. The van der Waals surface area contributed by atoms with E-state index in [1.165, 1.54) is 6.07 Å². The van der Waals surface area contributed by atoms with Gasteiger partial charge in [0.25, 0.3) is 0 Å². The zero-order valence-electron chi connectivity index (χ0n) is 15.3. The van der Waals surface area contributed by atoms with Crippen LogP contribution in [0.3, 0.4) is 0 Å². The van der Waals surface area contributed by atoms with Crippen LogP contribution in [0.5, 0.6) is 0 Å². The predicted octanol–water partition coefficient (Wildman–Crippen LogP) is 3.95. The van der Waals surface area contributed by atoms with E-state index in [1.54, 1.807) is 6.07 Å². The number of fused-ring (bicyclic) bond motifs is 1. The first-order valence-corrected chi connectivity index (χ1v) is 8.67. The fourth-order valence-corrected chi connectivity index (χ4v) is 3.00. The largest absolute Gasteiger partial charge is 0.444 e. The quantitative estimate of drug-likeness (QED) is 0.856. The van der Waals surface area contributed by atoms with E-state index in [1.807, 2.05) is 26.8 Å². The van der Waals surface area contributed by atoms with Crippen molar-refractivity contribution < 1.29 is 13.9 Å². The molecule has 134 valence electrons. The summed E-state index contributed by atoms with van der Waals surface area (Å²) >= 11 is 0. The van der Waals surface area contributed by atoms with Gasteiger partial charge in [-0.15, -0.1) is 0 Å². The lowest BCUT2D eigenvalue weighted by Gasteiger charge is -2.27. The molecule has 1 aliphatic rings. The number of benzene rings is 1. The molecular weight excluding hydrogens is 307 g/mol. The molecule has 1 aliphatic carbocycles. The summed E-state index contributed by atoms with van der Waals surface area (Å²) in [5, 5.41) is 6.41. The minimum Gasteiger partial charge on any atom is -0.444 e. The second kappa shape index (κ2) is 7.51. The molecule has 0 heterocycles. The molecule has 0 spiro atoms. The van der Waals surface area contributed by atoms with Gasteiger partial charge in [-0.1, -0.05) is 26.0 Å². The zero-order chi connectivity index (χ0) is 17.9. The summed E-state index contributed by atoms with van der Waals surface area (Å²) in [5.41, 5.74) is 1.34. The van der Waals surface area contributed by atoms with Crippen molar-refractivity contribution in [3.63, 3.8) is 0 Å².